The molecule has 0 saturated heterocycles. The van der Waals surface area contributed by atoms with Crippen LogP contribution in [-0.4, -0.2) is 15.0 Å². The third-order valence-corrected chi connectivity index (χ3v) is 5.69. The summed E-state index contributed by atoms with van der Waals surface area (Å²) in [7, 11) is 0. The molecule has 0 spiro atoms. The van der Waals surface area contributed by atoms with Crippen molar-refractivity contribution in [1.29, 1.82) is 0 Å². The van der Waals surface area contributed by atoms with E-state index in [1.165, 1.54) is 37.1 Å². The number of aromatic nitrogens is 3. The van der Waals surface area contributed by atoms with Crippen LogP contribution in [0.1, 0.15) is 43.0 Å². The van der Waals surface area contributed by atoms with Crippen molar-refractivity contribution in [1.82, 2.24) is 15.0 Å². The molecule has 5 heteroatoms. The predicted molar refractivity (Wildman–Crippen MR) is 90.7 cm³/mol. The molecule has 0 amide bonds. The number of nitrogens with zero attached hydrogens (tertiary/aromatic N) is 2. The molecule has 3 aromatic heterocycles. The number of pyridine rings is 1. The summed E-state index contributed by atoms with van der Waals surface area (Å²) in [5.74, 6) is 0.674. The van der Waals surface area contributed by atoms with E-state index in [9.17, 15) is 0 Å². The highest BCUT2D eigenvalue weighted by Crippen LogP contribution is 2.37. The van der Waals surface area contributed by atoms with Crippen LogP contribution in [0, 0.1) is 0 Å². The summed E-state index contributed by atoms with van der Waals surface area (Å²) >= 11 is 5.31. The first-order chi connectivity index (χ1) is 10.3. The third kappa shape index (κ3) is 2.53. The molecule has 4 rings (SSSR count). The Hall–Kier alpha value is -1.20. The molecule has 0 bridgehead atoms. The van der Waals surface area contributed by atoms with Crippen molar-refractivity contribution in [2.24, 2.45) is 0 Å². The zero-order valence-corrected chi connectivity index (χ0v) is 14.0. The van der Waals surface area contributed by atoms with E-state index in [4.69, 9.17) is 4.98 Å². The topological polar surface area (TPSA) is 41.6 Å². The van der Waals surface area contributed by atoms with E-state index in [0.717, 1.165) is 26.8 Å². The van der Waals surface area contributed by atoms with Gasteiger partial charge in [-0.3, -0.25) is 0 Å². The van der Waals surface area contributed by atoms with E-state index in [1.807, 2.05) is 23.7 Å². The second-order valence-electron chi connectivity index (χ2n) is 5.66. The summed E-state index contributed by atoms with van der Waals surface area (Å²) in [6.45, 7) is 0. The number of fused-ring (bicyclic) bond motifs is 1. The minimum Gasteiger partial charge on any atom is -0.345 e. The Kier molecular flexibility index (Phi) is 3.55. The summed E-state index contributed by atoms with van der Waals surface area (Å²) in [5, 5.41) is 4.62. The summed E-state index contributed by atoms with van der Waals surface area (Å²) in [5.41, 5.74) is 3.14. The maximum Gasteiger partial charge on any atom is 0.137 e. The highest BCUT2D eigenvalue weighted by atomic mass is 79.9. The number of nitrogens with one attached hydrogen (secondary N) is 1. The monoisotopic (exact) mass is 361 g/mol. The van der Waals surface area contributed by atoms with Crippen LogP contribution in [0.4, 0.5) is 0 Å². The lowest BCUT2D eigenvalue weighted by atomic mass is 9.90. The first kappa shape index (κ1) is 13.5. The van der Waals surface area contributed by atoms with Crippen LogP contribution in [0.25, 0.3) is 22.3 Å². The van der Waals surface area contributed by atoms with Crippen LogP contribution in [0.5, 0.6) is 0 Å². The first-order valence-electron chi connectivity index (χ1n) is 7.40. The average molecular weight is 362 g/mol. The van der Waals surface area contributed by atoms with Gasteiger partial charge in [0.15, 0.2) is 0 Å². The molecule has 1 aliphatic carbocycles. The van der Waals surface area contributed by atoms with Gasteiger partial charge in [0.1, 0.15) is 5.65 Å². The molecule has 1 aliphatic rings. The van der Waals surface area contributed by atoms with E-state index >= 15 is 0 Å². The average Bonchev–Trinajstić information content (AvgIpc) is 3.14. The molecule has 3 nitrogen and oxygen atoms in total. The predicted octanol–water partition coefficient (Wildman–Crippen LogP) is 5.50. The van der Waals surface area contributed by atoms with Crippen molar-refractivity contribution in [2.45, 2.75) is 38.0 Å². The van der Waals surface area contributed by atoms with Gasteiger partial charge in [0.25, 0.3) is 0 Å². The Balaban J connectivity index is 1.72. The van der Waals surface area contributed by atoms with Crippen molar-refractivity contribution in [3.8, 4) is 11.3 Å². The summed E-state index contributed by atoms with van der Waals surface area (Å²) in [6.07, 6.45) is 10.5. The molecule has 1 N–H and O–H groups in total. The minimum atomic E-state index is 0.674. The van der Waals surface area contributed by atoms with Gasteiger partial charge in [-0.25, -0.2) is 9.97 Å². The number of H-pyrrole nitrogens is 1. The molecular formula is C16H16BrN3S. The van der Waals surface area contributed by atoms with Gasteiger partial charge in [0.05, 0.1) is 10.7 Å². The quantitative estimate of drug-likeness (QED) is 0.654. The summed E-state index contributed by atoms with van der Waals surface area (Å²) in [6, 6.07) is 2.10. The van der Waals surface area contributed by atoms with Gasteiger partial charge >= 0.3 is 0 Å². The fraction of sp³-hybridized carbons (Fsp3) is 0.375. The van der Waals surface area contributed by atoms with E-state index in [2.05, 4.69) is 37.3 Å². The van der Waals surface area contributed by atoms with Crippen LogP contribution in [0.3, 0.4) is 0 Å². The van der Waals surface area contributed by atoms with Crippen molar-refractivity contribution >= 4 is 38.3 Å². The van der Waals surface area contributed by atoms with Gasteiger partial charge in [0, 0.05) is 39.1 Å². The SMILES string of the molecule is Brc1cnc2[nH]cc(-c3csc(C4CCCCC4)n3)c2c1. The number of rotatable bonds is 2. The van der Waals surface area contributed by atoms with E-state index in [1.54, 1.807) is 0 Å². The molecule has 1 saturated carbocycles. The number of thiazole rings is 1. The molecule has 0 unspecified atom stereocenters. The normalized spacial score (nSPS) is 16.6. The fourth-order valence-corrected chi connectivity index (χ4v) is 4.46. The molecule has 0 atom stereocenters. The van der Waals surface area contributed by atoms with E-state index in [-0.39, 0.29) is 0 Å². The zero-order chi connectivity index (χ0) is 14.2. The van der Waals surface area contributed by atoms with Crippen LogP contribution < -0.4 is 0 Å². The minimum absolute atomic E-state index is 0.674. The van der Waals surface area contributed by atoms with Crippen molar-refractivity contribution in [2.75, 3.05) is 0 Å². The molecule has 1 fully saturated rings. The smallest absolute Gasteiger partial charge is 0.137 e. The van der Waals surface area contributed by atoms with Gasteiger partial charge < -0.3 is 4.98 Å². The van der Waals surface area contributed by atoms with Gasteiger partial charge in [0.2, 0.25) is 0 Å². The number of hydrogen-bond acceptors (Lipinski definition) is 3. The first-order valence-corrected chi connectivity index (χ1v) is 9.07. The second kappa shape index (κ2) is 5.54. The number of hydrogen-bond donors (Lipinski definition) is 1. The summed E-state index contributed by atoms with van der Waals surface area (Å²) in [4.78, 5) is 12.5. The molecule has 0 aromatic carbocycles. The Morgan fingerprint density at radius 2 is 2.10 bits per heavy atom. The van der Waals surface area contributed by atoms with Gasteiger partial charge in [-0.1, -0.05) is 19.3 Å². The fourth-order valence-electron chi connectivity index (χ4n) is 3.14. The van der Waals surface area contributed by atoms with Crippen LogP contribution >= 0.6 is 27.3 Å². The van der Waals surface area contributed by atoms with E-state index in [0.29, 0.717) is 5.92 Å². The maximum atomic E-state index is 4.91. The largest absolute Gasteiger partial charge is 0.345 e. The molecule has 0 radical (unpaired) electrons. The maximum absolute atomic E-state index is 4.91. The van der Waals surface area contributed by atoms with Crippen molar-refractivity contribution < 1.29 is 0 Å². The number of aromatic amines is 1. The molecule has 3 aromatic rings. The number of halogens is 1. The van der Waals surface area contributed by atoms with Crippen LogP contribution in [-0.2, 0) is 0 Å². The lowest BCUT2D eigenvalue weighted by Crippen LogP contribution is -2.03. The van der Waals surface area contributed by atoms with Crippen molar-refractivity contribution in [3.63, 3.8) is 0 Å². The Bertz CT molecular complexity index is 771. The van der Waals surface area contributed by atoms with Crippen molar-refractivity contribution in [3.05, 3.63) is 33.3 Å². The molecule has 21 heavy (non-hydrogen) atoms. The molecule has 108 valence electrons. The van der Waals surface area contributed by atoms with Crippen LogP contribution in [0.2, 0.25) is 0 Å². The Morgan fingerprint density at radius 3 is 2.95 bits per heavy atom. The van der Waals surface area contributed by atoms with Gasteiger partial charge in [-0.15, -0.1) is 11.3 Å². The standard InChI is InChI=1S/C16H16BrN3S/c17-11-6-12-13(8-19-15(12)18-7-11)14-9-21-16(20-14)10-4-2-1-3-5-10/h6-10H,1-5H2,(H,18,19). The third-order valence-electron chi connectivity index (χ3n) is 4.25. The second-order valence-corrected chi connectivity index (χ2v) is 7.46. The molecular weight excluding hydrogens is 346 g/mol. The lowest BCUT2D eigenvalue weighted by molar-refractivity contribution is 0.442. The van der Waals surface area contributed by atoms with Gasteiger partial charge in [-0.2, -0.15) is 0 Å². The molecule has 3 heterocycles. The summed E-state index contributed by atoms with van der Waals surface area (Å²) < 4.78 is 0.999. The Morgan fingerprint density at radius 1 is 1.24 bits per heavy atom. The van der Waals surface area contributed by atoms with Crippen LogP contribution in [0.15, 0.2) is 28.3 Å². The van der Waals surface area contributed by atoms with E-state index < -0.39 is 0 Å². The zero-order valence-electron chi connectivity index (χ0n) is 11.6. The highest BCUT2D eigenvalue weighted by Gasteiger charge is 2.19. The Labute approximate surface area is 136 Å². The molecule has 0 aliphatic heterocycles. The highest BCUT2D eigenvalue weighted by molar-refractivity contribution is 9.10. The van der Waals surface area contributed by atoms with Gasteiger partial charge in [-0.05, 0) is 34.8 Å². The lowest BCUT2D eigenvalue weighted by Gasteiger charge is -2.18.